The molecular weight excluding hydrogens is 304 g/mol. The van der Waals surface area contributed by atoms with Crippen LogP contribution in [0.3, 0.4) is 0 Å². The summed E-state index contributed by atoms with van der Waals surface area (Å²) in [5.74, 6) is 0.0777. The largest absolute Gasteiger partial charge is 0.395 e. The zero-order chi connectivity index (χ0) is 13.3. The summed E-state index contributed by atoms with van der Waals surface area (Å²) >= 11 is 3.28. The van der Waals surface area contributed by atoms with E-state index in [1.54, 1.807) is 25.1 Å². The monoisotopic (exact) mass is 320 g/mol. The molecule has 1 rings (SSSR count). The van der Waals surface area contributed by atoms with Gasteiger partial charge in [0.2, 0.25) is 0 Å². The average molecular weight is 321 g/mol. The first-order chi connectivity index (χ1) is 7.74. The lowest BCUT2D eigenvalue weighted by Gasteiger charge is -2.23. The minimum Gasteiger partial charge on any atom is -0.395 e. The van der Waals surface area contributed by atoms with Crippen molar-refractivity contribution in [3.63, 3.8) is 0 Å². The first kappa shape index (κ1) is 14.7. The number of halogens is 1. The Morgan fingerprint density at radius 3 is 2.35 bits per heavy atom. The van der Waals surface area contributed by atoms with Crippen molar-refractivity contribution in [3.05, 3.63) is 28.2 Å². The Hall–Kier alpha value is -0.390. The Morgan fingerprint density at radius 2 is 1.94 bits per heavy atom. The standard InChI is InChI=1S/C12H17BrO3S/c1-4-17(15,16)11-6-5-9(7-10(11)13)12(2,3)8-14/h5-7,14H,4,8H2,1-3H3. The van der Waals surface area contributed by atoms with Crippen molar-refractivity contribution in [3.8, 4) is 0 Å². The molecule has 5 heteroatoms. The predicted octanol–water partition coefficient (Wildman–Crippen LogP) is 2.51. The molecule has 0 fully saturated rings. The highest BCUT2D eigenvalue weighted by Gasteiger charge is 2.22. The highest BCUT2D eigenvalue weighted by Crippen LogP contribution is 2.30. The maximum atomic E-state index is 11.8. The lowest BCUT2D eigenvalue weighted by atomic mass is 9.86. The molecule has 1 aromatic rings. The Kier molecular flexibility index (Phi) is 4.38. The second-order valence-corrected chi connectivity index (χ2v) is 7.69. The summed E-state index contributed by atoms with van der Waals surface area (Å²) in [6.07, 6.45) is 0. The van der Waals surface area contributed by atoms with Gasteiger partial charge in [-0.1, -0.05) is 26.8 Å². The van der Waals surface area contributed by atoms with Crippen LogP contribution in [0.4, 0.5) is 0 Å². The molecule has 0 atom stereocenters. The van der Waals surface area contributed by atoms with E-state index >= 15 is 0 Å². The van der Waals surface area contributed by atoms with Crippen molar-refractivity contribution in [1.29, 1.82) is 0 Å². The molecule has 0 saturated carbocycles. The van der Waals surface area contributed by atoms with Gasteiger partial charge in [-0.15, -0.1) is 0 Å². The fourth-order valence-corrected chi connectivity index (χ4v) is 3.48. The van der Waals surface area contributed by atoms with E-state index in [1.807, 2.05) is 13.8 Å². The van der Waals surface area contributed by atoms with Gasteiger partial charge < -0.3 is 5.11 Å². The minimum absolute atomic E-state index is 0.0132. The normalized spacial score (nSPS) is 12.8. The number of rotatable bonds is 4. The van der Waals surface area contributed by atoms with E-state index < -0.39 is 9.84 Å². The number of benzene rings is 1. The fraction of sp³-hybridized carbons (Fsp3) is 0.500. The van der Waals surface area contributed by atoms with E-state index in [0.717, 1.165) is 5.56 Å². The first-order valence-electron chi connectivity index (χ1n) is 5.38. The Balaban J connectivity index is 3.29. The number of aliphatic hydroxyl groups is 1. The van der Waals surface area contributed by atoms with Crippen LogP contribution in [0.15, 0.2) is 27.6 Å². The summed E-state index contributed by atoms with van der Waals surface area (Å²) in [6, 6.07) is 5.11. The summed E-state index contributed by atoms with van der Waals surface area (Å²) in [7, 11) is -3.21. The Labute approximate surface area is 111 Å². The van der Waals surface area contributed by atoms with Crippen molar-refractivity contribution in [2.24, 2.45) is 0 Å². The maximum Gasteiger partial charge on any atom is 0.179 e. The lowest BCUT2D eigenvalue weighted by molar-refractivity contribution is 0.218. The smallest absolute Gasteiger partial charge is 0.179 e. The number of hydrogen-bond donors (Lipinski definition) is 1. The molecule has 17 heavy (non-hydrogen) atoms. The van der Waals surface area contributed by atoms with Crippen LogP contribution in [0, 0.1) is 0 Å². The zero-order valence-electron chi connectivity index (χ0n) is 10.2. The van der Waals surface area contributed by atoms with Crippen LogP contribution in [0.5, 0.6) is 0 Å². The number of aliphatic hydroxyl groups excluding tert-OH is 1. The van der Waals surface area contributed by atoms with Gasteiger partial charge in [-0.3, -0.25) is 0 Å². The van der Waals surface area contributed by atoms with Crippen LogP contribution in [-0.4, -0.2) is 25.9 Å². The lowest BCUT2D eigenvalue weighted by Crippen LogP contribution is -2.22. The van der Waals surface area contributed by atoms with Crippen LogP contribution < -0.4 is 0 Å². The van der Waals surface area contributed by atoms with Gasteiger partial charge in [0.1, 0.15) is 0 Å². The first-order valence-corrected chi connectivity index (χ1v) is 7.83. The molecule has 0 radical (unpaired) electrons. The predicted molar refractivity (Wildman–Crippen MR) is 72.0 cm³/mol. The molecule has 0 bridgehead atoms. The molecule has 0 aliphatic rings. The highest BCUT2D eigenvalue weighted by atomic mass is 79.9. The van der Waals surface area contributed by atoms with Gasteiger partial charge in [-0.2, -0.15) is 0 Å². The summed E-state index contributed by atoms with van der Waals surface area (Å²) in [5, 5.41) is 9.28. The van der Waals surface area contributed by atoms with Crippen molar-refractivity contribution in [2.75, 3.05) is 12.4 Å². The van der Waals surface area contributed by atoms with Crippen LogP contribution in [0.25, 0.3) is 0 Å². The maximum absolute atomic E-state index is 11.8. The van der Waals surface area contributed by atoms with Gasteiger partial charge in [0.15, 0.2) is 9.84 Å². The molecule has 96 valence electrons. The molecule has 1 aromatic carbocycles. The van der Waals surface area contributed by atoms with E-state index in [0.29, 0.717) is 9.37 Å². The zero-order valence-corrected chi connectivity index (χ0v) is 12.6. The summed E-state index contributed by atoms with van der Waals surface area (Å²) in [6.45, 7) is 5.44. The van der Waals surface area contributed by atoms with E-state index in [-0.39, 0.29) is 17.8 Å². The van der Waals surface area contributed by atoms with Crippen molar-refractivity contribution < 1.29 is 13.5 Å². The van der Waals surface area contributed by atoms with Gasteiger partial charge in [-0.05, 0) is 33.6 Å². The third-order valence-electron chi connectivity index (χ3n) is 2.82. The SMILES string of the molecule is CCS(=O)(=O)c1ccc(C(C)(C)CO)cc1Br. The van der Waals surface area contributed by atoms with Gasteiger partial charge in [0.25, 0.3) is 0 Å². The third-order valence-corrected chi connectivity index (χ3v) is 5.53. The quantitative estimate of drug-likeness (QED) is 0.927. The van der Waals surface area contributed by atoms with Gasteiger partial charge >= 0.3 is 0 Å². The summed E-state index contributed by atoms with van der Waals surface area (Å²) in [4.78, 5) is 0.303. The van der Waals surface area contributed by atoms with E-state index in [2.05, 4.69) is 15.9 Å². The second kappa shape index (κ2) is 5.08. The molecule has 0 aliphatic carbocycles. The highest BCUT2D eigenvalue weighted by molar-refractivity contribution is 9.10. The molecule has 0 aliphatic heterocycles. The van der Waals surface area contributed by atoms with Crippen LogP contribution in [0.1, 0.15) is 26.3 Å². The van der Waals surface area contributed by atoms with Crippen molar-refractivity contribution in [2.45, 2.75) is 31.1 Å². The minimum atomic E-state index is -3.21. The molecule has 0 heterocycles. The molecule has 0 amide bonds. The Morgan fingerprint density at radius 1 is 1.35 bits per heavy atom. The Bertz CT molecular complexity index is 506. The van der Waals surface area contributed by atoms with Gasteiger partial charge in [-0.25, -0.2) is 8.42 Å². The van der Waals surface area contributed by atoms with E-state index in [4.69, 9.17) is 0 Å². The van der Waals surface area contributed by atoms with Crippen molar-refractivity contribution in [1.82, 2.24) is 0 Å². The van der Waals surface area contributed by atoms with Crippen molar-refractivity contribution >= 4 is 25.8 Å². The number of hydrogen-bond acceptors (Lipinski definition) is 3. The molecular formula is C12H17BrO3S. The van der Waals surface area contributed by atoms with Gasteiger partial charge in [0, 0.05) is 9.89 Å². The summed E-state index contributed by atoms with van der Waals surface area (Å²) in [5.41, 5.74) is 0.527. The van der Waals surface area contributed by atoms with E-state index in [9.17, 15) is 13.5 Å². The molecule has 0 saturated heterocycles. The van der Waals surface area contributed by atoms with E-state index in [1.165, 1.54) is 0 Å². The molecule has 0 spiro atoms. The second-order valence-electron chi connectivity index (χ2n) is 4.59. The van der Waals surface area contributed by atoms with Crippen LogP contribution >= 0.6 is 15.9 Å². The third kappa shape index (κ3) is 3.09. The molecule has 0 aromatic heterocycles. The average Bonchev–Trinajstić information content (AvgIpc) is 2.28. The van der Waals surface area contributed by atoms with Crippen LogP contribution in [0.2, 0.25) is 0 Å². The molecule has 0 unspecified atom stereocenters. The topological polar surface area (TPSA) is 54.4 Å². The summed E-state index contributed by atoms with van der Waals surface area (Å²) < 4.78 is 24.1. The molecule has 1 N–H and O–H groups in total. The van der Waals surface area contributed by atoms with Crippen LogP contribution in [-0.2, 0) is 15.3 Å². The van der Waals surface area contributed by atoms with Gasteiger partial charge in [0.05, 0.1) is 17.3 Å². The number of sulfone groups is 1. The fourth-order valence-electron chi connectivity index (χ4n) is 1.42. The molecule has 3 nitrogen and oxygen atoms in total.